The van der Waals surface area contributed by atoms with Crippen LogP contribution in [0.5, 0.6) is 5.75 Å². The van der Waals surface area contributed by atoms with Crippen LogP contribution in [0.2, 0.25) is 0 Å². The van der Waals surface area contributed by atoms with E-state index in [0.29, 0.717) is 21.9 Å². The zero-order valence-electron chi connectivity index (χ0n) is 17.3. The third-order valence-corrected chi connectivity index (χ3v) is 6.04. The molecule has 1 aliphatic heterocycles. The molecule has 7 nitrogen and oxygen atoms in total. The molecule has 0 bridgehead atoms. The molecule has 0 radical (unpaired) electrons. The molecule has 1 amide bonds. The summed E-state index contributed by atoms with van der Waals surface area (Å²) in [6, 6.07) is 15.7. The zero-order valence-corrected chi connectivity index (χ0v) is 18.1. The van der Waals surface area contributed by atoms with Gasteiger partial charge in [0.2, 0.25) is 5.78 Å². The normalized spacial score (nSPS) is 15.8. The first-order valence-corrected chi connectivity index (χ1v) is 10.5. The van der Waals surface area contributed by atoms with Gasteiger partial charge in [-0.05, 0) is 47.3 Å². The summed E-state index contributed by atoms with van der Waals surface area (Å²) in [6.45, 7) is 0. The number of hydrogen-bond acceptors (Lipinski definition) is 7. The van der Waals surface area contributed by atoms with Crippen LogP contribution in [0.4, 0.5) is 5.69 Å². The number of esters is 1. The molecule has 0 fully saturated rings. The molecule has 3 aromatic rings. The summed E-state index contributed by atoms with van der Waals surface area (Å²) in [5.41, 5.74) is 1.17. The van der Waals surface area contributed by atoms with E-state index in [1.165, 1.54) is 36.5 Å². The average Bonchev–Trinajstić information content (AvgIpc) is 3.46. The van der Waals surface area contributed by atoms with Crippen molar-refractivity contribution in [1.29, 1.82) is 0 Å². The van der Waals surface area contributed by atoms with Crippen LogP contribution in [0.25, 0.3) is 0 Å². The molecular weight excluding hydrogens is 430 g/mol. The van der Waals surface area contributed by atoms with E-state index in [2.05, 4.69) is 0 Å². The SMILES string of the molecule is COC(=O)c1cccc(N2C(=O)C(O)=C(C(=O)c3cccs3)C2c2ccc(OC)cc2)c1. The van der Waals surface area contributed by atoms with E-state index in [9.17, 15) is 19.5 Å². The highest BCUT2D eigenvalue weighted by atomic mass is 32.1. The van der Waals surface area contributed by atoms with Crippen molar-refractivity contribution in [3.63, 3.8) is 0 Å². The molecule has 1 unspecified atom stereocenters. The van der Waals surface area contributed by atoms with Gasteiger partial charge in [0.25, 0.3) is 5.91 Å². The number of carbonyl (C=O) groups excluding carboxylic acids is 3. The van der Waals surface area contributed by atoms with Crippen molar-refractivity contribution >= 4 is 34.7 Å². The van der Waals surface area contributed by atoms with E-state index in [1.54, 1.807) is 60.0 Å². The monoisotopic (exact) mass is 449 g/mol. The summed E-state index contributed by atoms with van der Waals surface area (Å²) < 4.78 is 9.99. The molecule has 32 heavy (non-hydrogen) atoms. The summed E-state index contributed by atoms with van der Waals surface area (Å²) in [4.78, 5) is 40.2. The first-order chi connectivity index (χ1) is 15.5. The number of rotatable bonds is 6. The Morgan fingerprint density at radius 2 is 1.78 bits per heavy atom. The van der Waals surface area contributed by atoms with E-state index in [0.717, 1.165) is 0 Å². The molecule has 0 saturated heterocycles. The van der Waals surface area contributed by atoms with Crippen LogP contribution in [0, 0.1) is 0 Å². The molecule has 8 heteroatoms. The third-order valence-electron chi connectivity index (χ3n) is 5.17. The Hall–Kier alpha value is -3.91. The third kappa shape index (κ3) is 3.65. The van der Waals surface area contributed by atoms with Crippen molar-refractivity contribution in [2.75, 3.05) is 19.1 Å². The lowest BCUT2D eigenvalue weighted by Crippen LogP contribution is -2.31. The second-order valence-electron chi connectivity index (χ2n) is 6.96. The van der Waals surface area contributed by atoms with Gasteiger partial charge in [0, 0.05) is 5.69 Å². The van der Waals surface area contributed by atoms with Gasteiger partial charge < -0.3 is 14.6 Å². The molecule has 0 saturated carbocycles. The van der Waals surface area contributed by atoms with Gasteiger partial charge in [0.1, 0.15) is 5.75 Å². The van der Waals surface area contributed by atoms with Crippen LogP contribution in [0.3, 0.4) is 0 Å². The van der Waals surface area contributed by atoms with Crippen molar-refractivity contribution in [3.8, 4) is 5.75 Å². The fourth-order valence-corrected chi connectivity index (χ4v) is 4.32. The molecule has 2 heterocycles. The molecule has 0 aliphatic carbocycles. The maximum absolute atomic E-state index is 13.3. The van der Waals surface area contributed by atoms with Crippen LogP contribution >= 0.6 is 11.3 Å². The second-order valence-corrected chi connectivity index (χ2v) is 7.91. The van der Waals surface area contributed by atoms with E-state index in [4.69, 9.17) is 9.47 Å². The number of thiophene rings is 1. The van der Waals surface area contributed by atoms with Gasteiger partial charge in [0.05, 0.1) is 36.3 Å². The molecule has 1 aliphatic rings. The number of benzene rings is 2. The van der Waals surface area contributed by atoms with E-state index in [-0.39, 0.29) is 11.1 Å². The number of aliphatic hydroxyl groups is 1. The van der Waals surface area contributed by atoms with Gasteiger partial charge >= 0.3 is 5.97 Å². The average molecular weight is 449 g/mol. The minimum Gasteiger partial charge on any atom is -0.503 e. The van der Waals surface area contributed by atoms with Gasteiger partial charge in [-0.15, -0.1) is 11.3 Å². The summed E-state index contributed by atoms with van der Waals surface area (Å²) in [5, 5.41) is 12.5. The number of hydrogen-bond donors (Lipinski definition) is 1. The molecule has 1 N–H and O–H groups in total. The summed E-state index contributed by atoms with van der Waals surface area (Å²) in [5.74, 6) is -1.73. The number of nitrogens with zero attached hydrogens (tertiary/aromatic N) is 1. The fraction of sp³-hybridized carbons (Fsp3) is 0.125. The van der Waals surface area contributed by atoms with Crippen molar-refractivity contribution in [2.24, 2.45) is 0 Å². The predicted octanol–water partition coefficient (Wildman–Crippen LogP) is 4.33. The Kier molecular flexibility index (Phi) is 5.79. The predicted molar refractivity (Wildman–Crippen MR) is 119 cm³/mol. The van der Waals surface area contributed by atoms with Crippen molar-refractivity contribution in [2.45, 2.75) is 6.04 Å². The lowest BCUT2D eigenvalue weighted by atomic mass is 9.95. The molecule has 0 spiro atoms. The van der Waals surface area contributed by atoms with Gasteiger partial charge in [-0.3, -0.25) is 14.5 Å². The number of Topliss-reactive ketones (excluding diaryl/α,β-unsaturated/α-hetero) is 1. The Bertz CT molecular complexity index is 1210. The second kappa shape index (κ2) is 8.68. The maximum Gasteiger partial charge on any atom is 0.337 e. The van der Waals surface area contributed by atoms with Crippen molar-refractivity contribution < 1.29 is 29.0 Å². The topological polar surface area (TPSA) is 93.1 Å². The molecule has 4 rings (SSSR count). The standard InChI is InChI=1S/C24H19NO6S/c1-30-17-10-8-14(9-11-17)20-19(21(26)18-7-4-12-32-18)22(27)23(28)25(20)16-6-3-5-15(13-16)24(29)31-2/h3-13,20,27H,1-2H3. The fourth-order valence-electron chi connectivity index (χ4n) is 3.65. The lowest BCUT2D eigenvalue weighted by molar-refractivity contribution is -0.117. The number of anilines is 1. The minimum atomic E-state index is -0.893. The zero-order chi connectivity index (χ0) is 22.8. The number of amides is 1. The van der Waals surface area contributed by atoms with Crippen LogP contribution in [-0.2, 0) is 9.53 Å². The van der Waals surface area contributed by atoms with E-state index in [1.807, 2.05) is 0 Å². The molecule has 1 atom stereocenters. The quantitative estimate of drug-likeness (QED) is 0.445. The van der Waals surface area contributed by atoms with Gasteiger partial charge in [-0.25, -0.2) is 4.79 Å². The number of carbonyl (C=O) groups is 3. The summed E-state index contributed by atoms with van der Waals surface area (Å²) in [6.07, 6.45) is 0. The number of ketones is 1. The van der Waals surface area contributed by atoms with Gasteiger partial charge in [0.15, 0.2) is 5.76 Å². The van der Waals surface area contributed by atoms with Crippen LogP contribution in [0.1, 0.15) is 31.6 Å². The van der Waals surface area contributed by atoms with Crippen LogP contribution in [0.15, 0.2) is 77.4 Å². The van der Waals surface area contributed by atoms with Crippen molar-refractivity contribution in [3.05, 3.63) is 93.4 Å². The minimum absolute atomic E-state index is 0.0221. The van der Waals surface area contributed by atoms with Gasteiger partial charge in [-0.2, -0.15) is 0 Å². The van der Waals surface area contributed by atoms with Crippen LogP contribution < -0.4 is 9.64 Å². The molecule has 1 aromatic heterocycles. The number of aliphatic hydroxyl groups excluding tert-OH is 1. The Balaban J connectivity index is 1.86. The van der Waals surface area contributed by atoms with Gasteiger partial charge in [-0.1, -0.05) is 24.3 Å². The highest BCUT2D eigenvalue weighted by molar-refractivity contribution is 7.12. The highest BCUT2D eigenvalue weighted by Gasteiger charge is 2.45. The Morgan fingerprint density at radius 1 is 1.03 bits per heavy atom. The molecule has 2 aromatic carbocycles. The summed E-state index contributed by atoms with van der Waals surface area (Å²) in [7, 11) is 2.80. The first kappa shape index (κ1) is 21.3. The maximum atomic E-state index is 13.3. The smallest absolute Gasteiger partial charge is 0.337 e. The van der Waals surface area contributed by atoms with Crippen molar-refractivity contribution in [1.82, 2.24) is 0 Å². The molecular formula is C24H19NO6S. The summed E-state index contributed by atoms with van der Waals surface area (Å²) >= 11 is 1.22. The largest absolute Gasteiger partial charge is 0.503 e. The number of ether oxygens (including phenoxy) is 2. The Labute approximate surface area is 188 Å². The van der Waals surface area contributed by atoms with E-state index < -0.39 is 29.5 Å². The number of methoxy groups -OCH3 is 2. The van der Waals surface area contributed by atoms with Crippen LogP contribution in [-0.4, -0.2) is 37.0 Å². The highest BCUT2D eigenvalue weighted by Crippen LogP contribution is 2.42. The Morgan fingerprint density at radius 3 is 2.41 bits per heavy atom. The lowest BCUT2D eigenvalue weighted by Gasteiger charge is -2.27. The molecule has 162 valence electrons. The first-order valence-electron chi connectivity index (χ1n) is 9.63. The van der Waals surface area contributed by atoms with E-state index >= 15 is 0 Å².